The molecule has 0 bridgehead atoms. The van der Waals surface area contributed by atoms with Gasteiger partial charge in [0.1, 0.15) is 17.2 Å². The van der Waals surface area contributed by atoms with Gasteiger partial charge in [-0.3, -0.25) is 23.6 Å². The van der Waals surface area contributed by atoms with E-state index >= 15 is 0 Å². The molecule has 6 rings (SSSR count). The summed E-state index contributed by atoms with van der Waals surface area (Å²) in [6, 6.07) is 6.40. The second-order valence-electron chi connectivity index (χ2n) is 10.0. The number of H-pyrrole nitrogens is 1. The Morgan fingerprint density at radius 3 is 2.53 bits per heavy atom. The number of halogens is 2. The Morgan fingerprint density at radius 1 is 1.11 bits per heavy atom. The maximum absolute atomic E-state index is 13.8. The average molecular weight is 521 g/mol. The van der Waals surface area contributed by atoms with E-state index < -0.39 is 17.5 Å². The molecule has 2 aliphatic carbocycles. The second kappa shape index (κ2) is 9.30. The lowest BCUT2D eigenvalue weighted by Crippen LogP contribution is -2.39. The number of aromatic nitrogens is 5. The fraction of sp³-hybridized carbons (Fsp3) is 0.370. The Bertz CT molecular complexity index is 1670. The molecule has 1 amide bonds. The summed E-state index contributed by atoms with van der Waals surface area (Å²) in [5, 5.41) is 0. The van der Waals surface area contributed by atoms with Gasteiger partial charge >= 0.3 is 5.69 Å². The molecule has 3 aromatic heterocycles. The lowest BCUT2D eigenvalue weighted by molar-refractivity contribution is 0.0984. The van der Waals surface area contributed by atoms with Crippen molar-refractivity contribution >= 4 is 22.9 Å². The van der Waals surface area contributed by atoms with Gasteiger partial charge in [0.25, 0.3) is 11.5 Å². The third-order valence-electron chi connectivity index (χ3n) is 7.02. The third kappa shape index (κ3) is 4.31. The van der Waals surface area contributed by atoms with Crippen molar-refractivity contribution in [3.63, 3.8) is 0 Å². The first-order valence-corrected chi connectivity index (χ1v) is 12.8. The van der Waals surface area contributed by atoms with Crippen LogP contribution in [0.3, 0.4) is 0 Å². The van der Waals surface area contributed by atoms with E-state index in [0.717, 1.165) is 37.8 Å². The molecular weight excluding hydrogens is 494 g/mol. The van der Waals surface area contributed by atoms with Crippen LogP contribution in [0.4, 0.5) is 14.6 Å². The molecular formula is C27H26F2N6O3. The van der Waals surface area contributed by atoms with Gasteiger partial charge in [-0.15, -0.1) is 0 Å². The summed E-state index contributed by atoms with van der Waals surface area (Å²) in [5.74, 6) is -1.50. The maximum atomic E-state index is 13.8. The lowest BCUT2D eigenvalue weighted by Gasteiger charge is -2.22. The molecule has 38 heavy (non-hydrogen) atoms. The number of hydrogen-bond acceptors (Lipinski definition) is 5. The molecule has 0 atom stereocenters. The highest BCUT2D eigenvalue weighted by molar-refractivity contribution is 6.05. The van der Waals surface area contributed by atoms with Crippen LogP contribution in [-0.2, 0) is 6.54 Å². The van der Waals surface area contributed by atoms with Crippen LogP contribution in [0.25, 0.3) is 22.6 Å². The third-order valence-corrected chi connectivity index (χ3v) is 7.02. The van der Waals surface area contributed by atoms with Crippen LogP contribution in [0.5, 0.6) is 0 Å². The van der Waals surface area contributed by atoms with E-state index in [1.165, 1.54) is 26.3 Å². The van der Waals surface area contributed by atoms with Gasteiger partial charge in [0.15, 0.2) is 17.3 Å². The van der Waals surface area contributed by atoms with Crippen LogP contribution in [0, 0.1) is 17.6 Å². The number of carbonyl (C=O) groups excluding carboxylic acids is 1. The molecule has 11 heteroatoms. The predicted octanol–water partition coefficient (Wildman–Crippen LogP) is 4.03. The van der Waals surface area contributed by atoms with Crippen LogP contribution in [0.15, 0.2) is 46.1 Å². The number of nitrogens with zero attached hydrogens (tertiary/aromatic N) is 5. The number of anilines is 1. The van der Waals surface area contributed by atoms with Crippen molar-refractivity contribution in [3.8, 4) is 11.4 Å². The largest absolute Gasteiger partial charge is 0.333 e. The molecule has 2 saturated carbocycles. The Morgan fingerprint density at radius 2 is 1.89 bits per heavy atom. The maximum Gasteiger partial charge on any atom is 0.333 e. The van der Waals surface area contributed by atoms with Crippen LogP contribution in [-0.4, -0.2) is 36.5 Å². The Hall–Kier alpha value is -4.15. The van der Waals surface area contributed by atoms with Crippen molar-refractivity contribution in [2.45, 2.75) is 51.6 Å². The monoisotopic (exact) mass is 520 g/mol. The lowest BCUT2D eigenvalue weighted by atomic mass is 10.1. The summed E-state index contributed by atoms with van der Waals surface area (Å²) >= 11 is 0. The van der Waals surface area contributed by atoms with Gasteiger partial charge in [-0.25, -0.2) is 23.5 Å². The molecule has 1 aromatic carbocycles. The molecule has 0 saturated heterocycles. The van der Waals surface area contributed by atoms with Crippen LogP contribution in [0.2, 0.25) is 0 Å². The zero-order valence-corrected chi connectivity index (χ0v) is 20.8. The number of amides is 1. The number of fused-ring (bicyclic) bond motifs is 1. The first-order chi connectivity index (χ1) is 18.4. The van der Waals surface area contributed by atoms with Crippen LogP contribution in [0.1, 0.15) is 55.4 Å². The standard InChI is InChI=1S/C27H26F2N6O3/c1-2-11-33-24-22(26(37)35(27(33)38)18-7-8-18)31-23(32-24)17-6-10-21(30-13-17)34(14-15-3-4-15)25(36)16-5-9-19(28)20(29)12-16/h5-6,9-10,12-13,15,18H,2-4,7-8,11,14H2,1H3,(H,31,32). The minimum Gasteiger partial charge on any atom is -0.332 e. The van der Waals surface area contributed by atoms with Gasteiger partial charge in [-0.1, -0.05) is 6.92 Å². The number of aryl methyl sites for hydroxylation is 1. The van der Waals surface area contributed by atoms with E-state index in [1.54, 1.807) is 12.1 Å². The van der Waals surface area contributed by atoms with Gasteiger partial charge in [-0.05, 0) is 68.4 Å². The van der Waals surface area contributed by atoms with E-state index in [4.69, 9.17) is 0 Å². The zero-order valence-electron chi connectivity index (χ0n) is 20.8. The van der Waals surface area contributed by atoms with Crippen LogP contribution < -0.4 is 16.1 Å². The number of pyridine rings is 1. The van der Waals surface area contributed by atoms with Crippen molar-refractivity contribution in [1.82, 2.24) is 24.1 Å². The normalized spacial score (nSPS) is 15.2. The molecule has 2 fully saturated rings. The molecule has 0 unspecified atom stereocenters. The summed E-state index contributed by atoms with van der Waals surface area (Å²) in [5.41, 5.74) is 0.466. The van der Waals surface area contributed by atoms with E-state index in [9.17, 15) is 23.2 Å². The van der Waals surface area contributed by atoms with Gasteiger partial charge in [0.05, 0.1) is 0 Å². The first-order valence-electron chi connectivity index (χ1n) is 12.8. The fourth-order valence-corrected chi connectivity index (χ4v) is 4.66. The quantitative estimate of drug-likeness (QED) is 0.378. The van der Waals surface area contributed by atoms with Crippen molar-refractivity contribution in [1.29, 1.82) is 0 Å². The highest BCUT2D eigenvalue weighted by Gasteiger charge is 2.31. The smallest absolute Gasteiger partial charge is 0.332 e. The first kappa shape index (κ1) is 24.2. The summed E-state index contributed by atoms with van der Waals surface area (Å²) in [6.45, 7) is 2.81. The summed E-state index contributed by atoms with van der Waals surface area (Å²) < 4.78 is 30.1. The number of nitrogens with one attached hydrogen (secondary N) is 1. The zero-order chi connectivity index (χ0) is 26.6. The predicted molar refractivity (Wildman–Crippen MR) is 137 cm³/mol. The molecule has 196 valence electrons. The molecule has 4 aromatic rings. The number of imidazole rings is 1. The Balaban J connectivity index is 1.36. The molecule has 3 heterocycles. The summed E-state index contributed by atoms with van der Waals surface area (Å²) in [7, 11) is 0. The van der Waals surface area contributed by atoms with Gasteiger partial charge in [-0.2, -0.15) is 0 Å². The molecule has 0 radical (unpaired) electrons. The van der Waals surface area contributed by atoms with Gasteiger partial charge in [0.2, 0.25) is 0 Å². The Kier molecular flexibility index (Phi) is 5.93. The van der Waals surface area contributed by atoms with E-state index in [2.05, 4.69) is 15.0 Å². The number of benzene rings is 1. The topological polar surface area (TPSA) is 106 Å². The molecule has 1 N–H and O–H groups in total. The molecule has 2 aliphatic rings. The van der Waals surface area contributed by atoms with E-state index in [0.29, 0.717) is 48.3 Å². The second-order valence-corrected chi connectivity index (χ2v) is 10.0. The number of aromatic amines is 1. The van der Waals surface area contributed by atoms with Gasteiger partial charge in [0, 0.05) is 36.5 Å². The highest BCUT2D eigenvalue weighted by atomic mass is 19.2. The molecule has 0 aliphatic heterocycles. The van der Waals surface area contributed by atoms with Gasteiger partial charge < -0.3 is 4.98 Å². The number of carbonyl (C=O) groups is 1. The Labute approximate surface area is 215 Å². The highest BCUT2D eigenvalue weighted by Crippen LogP contribution is 2.33. The number of hydrogen-bond donors (Lipinski definition) is 1. The summed E-state index contributed by atoms with van der Waals surface area (Å²) in [4.78, 5) is 53.0. The van der Waals surface area contributed by atoms with Crippen molar-refractivity contribution in [2.75, 3.05) is 11.4 Å². The minimum atomic E-state index is -1.09. The minimum absolute atomic E-state index is 0.0357. The average Bonchev–Trinajstić information content (AvgIpc) is 3.85. The van der Waals surface area contributed by atoms with Crippen LogP contribution >= 0.6 is 0 Å². The van der Waals surface area contributed by atoms with E-state index in [1.807, 2.05) is 6.92 Å². The van der Waals surface area contributed by atoms with E-state index in [-0.39, 0.29) is 28.4 Å². The fourth-order valence-electron chi connectivity index (χ4n) is 4.66. The van der Waals surface area contributed by atoms with Crippen molar-refractivity contribution in [2.24, 2.45) is 5.92 Å². The number of rotatable bonds is 8. The van der Waals surface area contributed by atoms with Crippen molar-refractivity contribution < 1.29 is 13.6 Å². The SMILES string of the molecule is CCCn1c(=O)n(C2CC2)c(=O)c2[nH]c(-c3ccc(N(CC4CC4)C(=O)c4ccc(F)c(F)c4)nc3)nc21. The molecule has 0 spiro atoms. The molecule has 9 nitrogen and oxygen atoms in total. The van der Waals surface area contributed by atoms with Crippen molar-refractivity contribution in [3.05, 3.63) is 74.6 Å². The summed E-state index contributed by atoms with van der Waals surface area (Å²) in [6.07, 6.45) is 5.82.